The lowest BCUT2D eigenvalue weighted by atomic mass is 10.1. The number of aromatic nitrogens is 2. The molecule has 0 radical (unpaired) electrons. The summed E-state index contributed by atoms with van der Waals surface area (Å²) in [6.45, 7) is 8.20. The normalized spacial score (nSPS) is 16.2. The van der Waals surface area contributed by atoms with Gasteiger partial charge in [0.05, 0.1) is 17.8 Å². The molecule has 1 aromatic carbocycles. The fraction of sp³-hybridized carbons (Fsp3) is 0.500. The molecule has 2 aromatic rings. The van der Waals surface area contributed by atoms with E-state index in [0.29, 0.717) is 19.6 Å². The Morgan fingerprint density at radius 1 is 1.07 bits per heavy atom. The molecule has 1 aliphatic heterocycles. The van der Waals surface area contributed by atoms with Gasteiger partial charge >= 0.3 is 6.18 Å². The summed E-state index contributed by atoms with van der Waals surface area (Å²) in [6, 6.07) is 6.70. The Kier molecular flexibility index (Phi) is 6.07. The highest BCUT2D eigenvalue weighted by molar-refractivity contribution is 5.94. The molecule has 0 aliphatic carbocycles. The number of alkyl halides is 3. The second-order valence-corrected chi connectivity index (χ2v) is 7.22. The van der Waals surface area contributed by atoms with E-state index in [1.807, 2.05) is 24.6 Å². The van der Waals surface area contributed by atoms with Crippen LogP contribution in [-0.4, -0.2) is 58.2 Å². The van der Waals surface area contributed by atoms with Crippen LogP contribution in [0.2, 0.25) is 0 Å². The van der Waals surface area contributed by atoms with Crippen LogP contribution in [0.15, 0.2) is 30.3 Å². The zero-order chi connectivity index (χ0) is 20.3. The Hall–Kier alpha value is -2.35. The quantitative estimate of drug-likeness (QED) is 0.799. The number of nitrogens with zero attached hydrogens (tertiary/aromatic N) is 4. The first-order chi connectivity index (χ1) is 13.2. The minimum Gasteiger partial charge on any atom is -0.337 e. The van der Waals surface area contributed by atoms with Crippen molar-refractivity contribution >= 4 is 5.91 Å². The molecule has 1 amide bonds. The van der Waals surface area contributed by atoms with E-state index in [2.05, 4.69) is 10.00 Å². The van der Waals surface area contributed by atoms with Crippen LogP contribution in [0.4, 0.5) is 13.2 Å². The Morgan fingerprint density at radius 2 is 1.86 bits per heavy atom. The first-order valence-electron chi connectivity index (χ1n) is 9.44. The number of halogens is 3. The van der Waals surface area contributed by atoms with Gasteiger partial charge in [-0.15, -0.1) is 0 Å². The number of carbonyl (C=O) groups is 1. The maximum Gasteiger partial charge on any atom is 0.416 e. The maximum atomic E-state index is 12.9. The number of amides is 1. The van der Waals surface area contributed by atoms with E-state index in [-0.39, 0.29) is 11.5 Å². The Bertz CT molecular complexity index is 831. The topological polar surface area (TPSA) is 41.4 Å². The van der Waals surface area contributed by atoms with Gasteiger partial charge in [0.15, 0.2) is 0 Å². The third kappa shape index (κ3) is 4.92. The van der Waals surface area contributed by atoms with Gasteiger partial charge < -0.3 is 4.90 Å². The molecule has 0 spiro atoms. The molecule has 0 N–H and O–H groups in total. The van der Waals surface area contributed by atoms with Crippen molar-refractivity contribution in [1.82, 2.24) is 19.6 Å². The van der Waals surface area contributed by atoms with Crippen molar-refractivity contribution in [2.45, 2.75) is 33.0 Å². The van der Waals surface area contributed by atoms with Gasteiger partial charge in [-0.3, -0.25) is 14.4 Å². The van der Waals surface area contributed by atoms with Gasteiger partial charge in [0.2, 0.25) is 0 Å². The second kappa shape index (κ2) is 8.34. The molecule has 1 fully saturated rings. The Labute approximate surface area is 162 Å². The Morgan fingerprint density at radius 3 is 2.54 bits per heavy atom. The predicted octanol–water partition coefficient (Wildman–Crippen LogP) is 3.37. The summed E-state index contributed by atoms with van der Waals surface area (Å²) >= 11 is 0. The smallest absolute Gasteiger partial charge is 0.337 e. The lowest BCUT2D eigenvalue weighted by molar-refractivity contribution is -0.137. The minimum atomic E-state index is -4.45. The molecule has 8 heteroatoms. The number of aryl methyl sites for hydroxylation is 2. The molecule has 152 valence electrons. The number of rotatable bonds is 4. The fourth-order valence-corrected chi connectivity index (χ4v) is 3.55. The highest BCUT2D eigenvalue weighted by Crippen LogP contribution is 2.29. The van der Waals surface area contributed by atoms with Crippen molar-refractivity contribution in [1.29, 1.82) is 0 Å². The summed E-state index contributed by atoms with van der Waals surface area (Å²) in [4.78, 5) is 16.6. The van der Waals surface area contributed by atoms with Crippen molar-refractivity contribution in [3.63, 3.8) is 0 Å². The van der Waals surface area contributed by atoms with Crippen molar-refractivity contribution in [2.75, 3.05) is 32.7 Å². The summed E-state index contributed by atoms with van der Waals surface area (Å²) in [5, 5.41) is 4.46. The predicted molar refractivity (Wildman–Crippen MR) is 100 cm³/mol. The van der Waals surface area contributed by atoms with Crippen LogP contribution < -0.4 is 0 Å². The maximum absolute atomic E-state index is 12.9. The number of benzene rings is 1. The third-order valence-electron chi connectivity index (χ3n) is 5.04. The van der Waals surface area contributed by atoms with Crippen LogP contribution in [0.25, 0.3) is 0 Å². The van der Waals surface area contributed by atoms with E-state index in [1.54, 1.807) is 4.90 Å². The molecule has 1 aromatic heterocycles. The summed E-state index contributed by atoms with van der Waals surface area (Å²) in [5.41, 5.74) is 1.41. The molecule has 1 saturated heterocycles. The molecule has 28 heavy (non-hydrogen) atoms. The van der Waals surface area contributed by atoms with Gasteiger partial charge in [-0.1, -0.05) is 6.07 Å². The van der Waals surface area contributed by atoms with Crippen LogP contribution in [0.3, 0.4) is 0 Å². The van der Waals surface area contributed by atoms with Gasteiger partial charge in [-0.25, -0.2) is 0 Å². The van der Waals surface area contributed by atoms with E-state index < -0.39 is 11.7 Å². The van der Waals surface area contributed by atoms with Gasteiger partial charge in [0.1, 0.15) is 0 Å². The first kappa shape index (κ1) is 20.4. The van der Waals surface area contributed by atoms with E-state index in [0.717, 1.165) is 49.6 Å². The molecular weight excluding hydrogens is 369 g/mol. The molecule has 5 nitrogen and oxygen atoms in total. The average molecular weight is 394 g/mol. The van der Waals surface area contributed by atoms with Gasteiger partial charge in [0, 0.05) is 37.4 Å². The van der Waals surface area contributed by atoms with E-state index in [1.165, 1.54) is 12.1 Å². The summed E-state index contributed by atoms with van der Waals surface area (Å²) < 4.78 is 40.7. The van der Waals surface area contributed by atoms with Crippen molar-refractivity contribution < 1.29 is 18.0 Å². The second-order valence-electron chi connectivity index (χ2n) is 7.22. The largest absolute Gasteiger partial charge is 0.416 e. The lowest BCUT2D eigenvalue weighted by Gasteiger charge is -2.22. The third-order valence-corrected chi connectivity index (χ3v) is 5.04. The Balaban J connectivity index is 1.59. The fourth-order valence-electron chi connectivity index (χ4n) is 3.55. The van der Waals surface area contributed by atoms with E-state index >= 15 is 0 Å². The summed E-state index contributed by atoms with van der Waals surface area (Å²) in [5.74, 6) is -0.341. The summed E-state index contributed by atoms with van der Waals surface area (Å²) in [7, 11) is 0. The molecule has 0 saturated carbocycles. The first-order valence-corrected chi connectivity index (χ1v) is 9.44. The van der Waals surface area contributed by atoms with Crippen LogP contribution in [0.5, 0.6) is 0 Å². The van der Waals surface area contributed by atoms with Gasteiger partial charge in [-0.2, -0.15) is 18.3 Å². The van der Waals surface area contributed by atoms with E-state index in [9.17, 15) is 18.0 Å². The monoisotopic (exact) mass is 394 g/mol. The van der Waals surface area contributed by atoms with Gasteiger partial charge in [0.25, 0.3) is 5.91 Å². The van der Waals surface area contributed by atoms with Crippen LogP contribution in [-0.2, 0) is 12.7 Å². The number of hydrogen-bond acceptors (Lipinski definition) is 3. The van der Waals surface area contributed by atoms with Crippen molar-refractivity contribution in [2.24, 2.45) is 0 Å². The van der Waals surface area contributed by atoms with Crippen LogP contribution in [0.1, 0.15) is 33.7 Å². The number of carbonyl (C=O) groups excluding carboxylic acids is 1. The number of hydrogen-bond donors (Lipinski definition) is 0. The molecule has 3 rings (SSSR count). The van der Waals surface area contributed by atoms with Crippen LogP contribution >= 0.6 is 0 Å². The zero-order valence-corrected chi connectivity index (χ0v) is 16.2. The minimum absolute atomic E-state index is 0.0888. The van der Waals surface area contributed by atoms with E-state index in [4.69, 9.17) is 0 Å². The molecule has 1 aliphatic rings. The zero-order valence-electron chi connectivity index (χ0n) is 16.2. The lowest BCUT2D eigenvalue weighted by Crippen LogP contribution is -2.36. The van der Waals surface area contributed by atoms with Crippen LogP contribution in [0, 0.1) is 13.8 Å². The molecule has 2 heterocycles. The molecule has 0 bridgehead atoms. The highest BCUT2D eigenvalue weighted by atomic mass is 19.4. The average Bonchev–Trinajstić information content (AvgIpc) is 2.84. The van der Waals surface area contributed by atoms with Crippen molar-refractivity contribution in [3.8, 4) is 0 Å². The molecular formula is C20H25F3N4O. The molecule has 0 atom stereocenters. The highest BCUT2D eigenvalue weighted by Gasteiger charge is 2.31. The van der Waals surface area contributed by atoms with Gasteiger partial charge in [-0.05, 0) is 51.1 Å². The summed E-state index contributed by atoms with van der Waals surface area (Å²) in [6.07, 6.45) is -3.66. The SMILES string of the molecule is Cc1cc(C)n(CCN2CCCN(C(=O)c3cccc(C(F)(F)F)c3)CC2)n1. The van der Waals surface area contributed by atoms with Crippen molar-refractivity contribution in [3.05, 3.63) is 52.8 Å². The standard InChI is InChI=1S/C20H25F3N4O/c1-15-13-16(2)27(24-15)12-10-25-7-4-8-26(11-9-25)19(28)17-5-3-6-18(14-17)20(21,22)23/h3,5-6,13-14H,4,7-12H2,1-2H3. The molecule has 0 unspecified atom stereocenters.